The highest BCUT2D eigenvalue weighted by molar-refractivity contribution is 6.05. The van der Waals surface area contributed by atoms with Gasteiger partial charge in [0.05, 0.1) is 7.11 Å². The van der Waals surface area contributed by atoms with Gasteiger partial charge in [0.15, 0.2) is 17.2 Å². The smallest absolute Gasteiger partial charge is 0.278 e. The predicted molar refractivity (Wildman–Crippen MR) is 93.4 cm³/mol. The Morgan fingerprint density at radius 2 is 1.68 bits per heavy atom. The van der Waals surface area contributed by atoms with Crippen molar-refractivity contribution in [3.63, 3.8) is 0 Å². The van der Waals surface area contributed by atoms with Gasteiger partial charge in [-0.1, -0.05) is 18.2 Å². The van der Waals surface area contributed by atoms with E-state index in [1.54, 1.807) is 24.3 Å². The second kappa shape index (κ2) is 7.35. The first-order valence-electron chi connectivity index (χ1n) is 7.53. The van der Waals surface area contributed by atoms with Gasteiger partial charge in [0.1, 0.15) is 11.5 Å². The molecule has 2 aromatic carbocycles. The Morgan fingerprint density at radius 1 is 1.00 bits per heavy atom. The predicted octanol–water partition coefficient (Wildman–Crippen LogP) is 3.84. The van der Waals surface area contributed by atoms with Crippen LogP contribution < -0.4 is 14.8 Å². The molecule has 0 aliphatic rings. The van der Waals surface area contributed by atoms with Crippen LogP contribution in [0.2, 0.25) is 0 Å². The van der Waals surface area contributed by atoms with Gasteiger partial charge in [-0.05, 0) is 36.4 Å². The summed E-state index contributed by atoms with van der Waals surface area (Å²) in [6.45, 7) is 0. The number of benzene rings is 2. The summed E-state index contributed by atoms with van der Waals surface area (Å²) in [6.07, 6.45) is 1.39. The number of methoxy groups -OCH3 is 1. The molecule has 126 valence electrons. The van der Waals surface area contributed by atoms with Crippen LogP contribution in [0.15, 0.2) is 66.9 Å². The molecule has 0 saturated heterocycles. The van der Waals surface area contributed by atoms with Crippen molar-refractivity contribution in [2.45, 2.75) is 0 Å². The Bertz CT molecular complexity index is 864. The van der Waals surface area contributed by atoms with Gasteiger partial charge >= 0.3 is 0 Å². The van der Waals surface area contributed by atoms with E-state index >= 15 is 0 Å². The molecule has 0 bridgehead atoms. The zero-order valence-corrected chi connectivity index (χ0v) is 13.5. The molecule has 0 aliphatic heterocycles. The summed E-state index contributed by atoms with van der Waals surface area (Å²) in [6, 6.07) is 17.7. The van der Waals surface area contributed by atoms with Crippen molar-refractivity contribution in [2.75, 3.05) is 12.4 Å². The molecule has 1 heterocycles. The van der Waals surface area contributed by atoms with E-state index in [9.17, 15) is 9.90 Å². The van der Waals surface area contributed by atoms with Crippen molar-refractivity contribution >= 4 is 11.6 Å². The second-order valence-corrected chi connectivity index (χ2v) is 5.10. The van der Waals surface area contributed by atoms with Gasteiger partial charge in [-0.3, -0.25) is 4.79 Å². The van der Waals surface area contributed by atoms with E-state index in [-0.39, 0.29) is 17.2 Å². The summed E-state index contributed by atoms with van der Waals surface area (Å²) in [7, 11) is 1.40. The molecule has 1 aromatic heterocycles. The van der Waals surface area contributed by atoms with Crippen LogP contribution in [0.3, 0.4) is 0 Å². The number of nitrogens with zero attached hydrogens (tertiary/aromatic N) is 1. The average Bonchev–Trinajstić information content (AvgIpc) is 2.64. The van der Waals surface area contributed by atoms with Gasteiger partial charge in [0.25, 0.3) is 5.91 Å². The van der Waals surface area contributed by atoms with Gasteiger partial charge in [0.2, 0.25) is 0 Å². The number of carbonyl (C=O) groups is 1. The highest BCUT2D eigenvalue weighted by atomic mass is 16.5. The molecule has 0 fully saturated rings. The van der Waals surface area contributed by atoms with Crippen molar-refractivity contribution in [3.8, 4) is 23.0 Å². The second-order valence-electron chi connectivity index (χ2n) is 5.10. The fraction of sp³-hybridized carbons (Fsp3) is 0.0526. The van der Waals surface area contributed by atoms with Gasteiger partial charge in [0, 0.05) is 18.0 Å². The first-order chi connectivity index (χ1) is 12.2. The lowest BCUT2D eigenvalue weighted by molar-refractivity contribution is 0.101. The summed E-state index contributed by atoms with van der Waals surface area (Å²) in [5.74, 6) is 0.725. The number of hydrogen-bond acceptors (Lipinski definition) is 5. The lowest BCUT2D eigenvalue weighted by Gasteiger charge is -2.09. The molecule has 3 aromatic rings. The lowest BCUT2D eigenvalue weighted by Crippen LogP contribution is -2.14. The summed E-state index contributed by atoms with van der Waals surface area (Å²) in [5, 5.41) is 12.6. The SMILES string of the molecule is COc1ccnc(C(=O)Nc2ccc(Oc3ccccc3)cc2)c1O. The highest BCUT2D eigenvalue weighted by Gasteiger charge is 2.16. The molecule has 0 aliphatic carbocycles. The number of pyridine rings is 1. The normalized spacial score (nSPS) is 10.1. The van der Waals surface area contributed by atoms with E-state index < -0.39 is 5.91 Å². The number of para-hydroxylation sites is 1. The number of amides is 1. The third-order valence-corrected chi connectivity index (χ3v) is 3.41. The molecule has 0 atom stereocenters. The van der Waals surface area contributed by atoms with E-state index in [0.717, 1.165) is 5.75 Å². The maximum atomic E-state index is 12.3. The zero-order chi connectivity index (χ0) is 17.6. The van der Waals surface area contributed by atoms with Crippen LogP contribution in [0.25, 0.3) is 0 Å². The Hall–Kier alpha value is -3.54. The number of nitrogens with one attached hydrogen (secondary N) is 1. The summed E-state index contributed by atoms with van der Waals surface area (Å²) < 4.78 is 10.7. The Morgan fingerprint density at radius 3 is 2.36 bits per heavy atom. The molecule has 0 saturated carbocycles. The fourth-order valence-electron chi connectivity index (χ4n) is 2.19. The van der Waals surface area contributed by atoms with Crippen LogP contribution >= 0.6 is 0 Å². The molecule has 0 radical (unpaired) electrons. The number of ether oxygens (including phenoxy) is 2. The van der Waals surface area contributed by atoms with Crippen LogP contribution in [0, 0.1) is 0 Å². The van der Waals surface area contributed by atoms with Crippen LogP contribution in [0.5, 0.6) is 23.0 Å². The third kappa shape index (κ3) is 3.87. The van der Waals surface area contributed by atoms with Crippen LogP contribution in [0.1, 0.15) is 10.5 Å². The number of carbonyl (C=O) groups excluding carboxylic acids is 1. The molecule has 0 spiro atoms. The number of aromatic hydroxyl groups is 1. The van der Waals surface area contributed by atoms with Gasteiger partial charge < -0.3 is 19.9 Å². The largest absolute Gasteiger partial charge is 0.503 e. The van der Waals surface area contributed by atoms with Crippen molar-refractivity contribution in [1.29, 1.82) is 0 Å². The molecule has 0 unspecified atom stereocenters. The average molecular weight is 336 g/mol. The highest BCUT2D eigenvalue weighted by Crippen LogP contribution is 2.28. The van der Waals surface area contributed by atoms with Gasteiger partial charge in [-0.2, -0.15) is 0 Å². The zero-order valence-electron chi connectivity index (χ0n) is 13.5. The van der Waals surface area contributed by atoms with Crippen LogP contribution in [0.4, 0.5) is 5.69 Å². The Kier molecular flexibility index (Phi) is 4.80. The number of rotatable bonds is 5. The number of hydrogen-bond donors (Lipinski definition) is 2. The molecular formula is C19H16N2O4. The summed E-state index contributed by atoms with van der Waals surface area (Å²) >= 11 is 0. The topological polar surface area (TPSA) is 80.7 Å². The van der Waals surface area contributed by atoms with E-state index in [0.29, 0.717) is 11.4 Å². The van der Waals surface area contributed by atoms with Crippen molar-refractivity contribution in [1.82, 2.24) is 4.98 Å². The number of anilines is 1. The quantitative estimate of drug-likeness (QED) is 0.740. The fourth-order valence-corrected chi connectivity index (χ4v) is 2.19. The molecule has 6 heteroatoms. The van der Waals surface area contributed by atoms with Crippen LogP contribution in [-0.2, 0) is 0 Å². The maximum Gasteiger partial charge on any atom is 0.278 e. The molecule has 6 nitrogen and oxygen atoms in total. The van der Waals surface area contributed by atoms with Gasteiger partial charge in [-0.15, -0.1) is 0 Å². The van der Waals surface area contributed by atoms with E-state index in [2.05, 4.69) is 10.3 Å². The van der Waals surface area contributed by atoms with Crippen molar-refractivity contribution in [2.24, 2.45) is 0 Å². The molecular weight excluding hydrogens is 320 g/mol. The minimum Gasteiger partial charge on any atom is -0.503 e. The lowest BCUT2D eigenvalue weighted by atomic mass is 10.2. The minimum atomic E-state index is -0.534. The summed E-state index contributed by atoms with van der Waals surface area (Å²) in [4.78, 5) is 16.1. The molecule has 25 heavy (non-hydrogen) atoms. The van der Waals surface area contributed by atoms with Crippen LogP contribution in [-0.4, -0.2) is 23.1 Å². The maximum absolute atomic E-state index is 12.3. The molecule has 1 amide bonds. The first kappa shape index (κ1) is 16.3. The standard InChI is InChI=1S/C19H16N2O4/c1-24-16-11-12-20-17(18(16)22)19(23)21-13-7-9-15(10-8-13)25-14-5-3-2-4-6-14/h2-12,22H,1H3,(H,21,23). The third-order valence-electron chi connectivity index (χ3n) is 3.41. The molecule has 3 rings (SSSR count). The van der Waals surface area contributed by atoms with E-state index in [1.807, 2.05) is 30.3 Å². The van der Waals surface area contributed by atoms with Gasteiger partial charge in [-0.25, -0.2) is 4.98 Å². The summed E-state index contributed by atoms with van der Waals surface area (Å²) in [5.41, 5.74) is 0.443. The minimum absolute atomic E-state index is 0.107. The van der Waals surface area contributed by atoms with Crippen molar-refractivity contribution in [3.05, 3.63) is 72.6 Å². The van der Waals surface area contributed by atoms with Crippen molar-refractivity contribution < 1.29 is 19.4 Å². The van der Waals surface area contributed by atoms with E-state index in [4.69, 9.17) is 9.47 Å². The Balaban J connectivity index is 1.70. The monoisotopic (exact) mass is 336 g/mol. The number of aromatic nitrogens is 1. The first-order valence-corrected chi connectivity index (χ1v) is 7.53. The molecule has 2 N–H and O–H groups in total. The van der Waals surface area contributed by atoms with E-state index in [1.165, 1.54) is 19.4 Å². The Labute approximate surface area is 144 Å².